The molecule has 0 fully saturated rings. The van der Waals surface area contributed by atoms with Crippen LogP contribution in [0.5, 0.6) is 11.5 Å². The summed E-state index contributed by atoms with van der Waals surface area (Å²) < 4.78 is 12.1. The predicted molar refractivity (Wildman–Crippen MR) is 134 cm³/mol. The second-order valence-electron chi connectivity index (χ2n) is 8.74. The van der Waals surface area contributed by atoms with E-state index in [1.807, 2.05) is 62.4 Å². The van der Waals surface area contributed by atoms with Crippen molar-refractivity contribution >= 4 is 5.78 Å². The van der Waals surface area contributed by atoms with Gasteiger partial charge in [0.2, 0.25) is 0 Å². The first-order chi connectivity index (χ1) is 15.6. The fraction of sp³-hybridized carbons (Fsp3) is 0.552. The molecule has 3 heteroatoms. The Kier molecular flexibility index (Phi) is 11.9. The number of Topliss-reactive ketones (excluding diaryl/α,β-unsaturated/α-hetero) is 1. The van der Waals surface area contributed by atoms with Gasteiger partial charge in [-0.1, -0.05) is 103 Å². The normalized spacial score (nSPS) is 12.9. The number of para-hydroxylation sites is 2. The number of carbonyl (C=O) groups is 1. The molecule has 2 aromatic rings. The quantitative estimate of drug-likeness (QED) is 0.248. The topological polar surface area (TPSA) is 35.5 Å². The average Bonchev–Trinajstić information content (AvgIpc) is 2.83. The Morgan fingerprint density at radius 3 is 1.47 bits per heavy atom. The Bertz CT molecular complexity index is 733. The summed E-state index contributed by atoms with van der Waals surface area (Å²) in [5, 5.41) is 0. The summed E-state index contributed by atoms with van der Waals surface area (Å²) in [6, 6.07) is 15.9. The van der Waals surface area contributed by atoms with E-state index in [9.17, 15) is 4.79 Å². The Balaban J connectivity index is 2.05. The number of benzene rings is 2. The first kappa shape index (κ1) is 26.0. The van der Waals surface area contributed by atoms with Crippen LogP contribution in [0.1, 0.15) is 102 Å². The van der Waals surface area contributed by atoms with Gasteiger partial charge in [0.25, 0.3) is 0 Å². The lowest BCUT2D eigenvalue weighted by molar-refractivity contribution is -0.121. The lowest BCUT2D eigenvalue weighted by Gasteiger charge is -2.21. The maximum Gasteiger partial charge on any atom is 0.147 e. The molecule has 2 atom stereocenters. The van der Waals surface area contributed by atoms with Crippen molar-refractivity contribution in [2.75, 3.05) is 13.2 Å². The maximum absolute atomic E-state index is 13.5. The molecule has 3 nitrogen and oxygen atoms in total. The van der Waals surface area contributed by atoms with E-state index >= 15 is 0 Å². The molecule has 0 radical (unpaired) electrons. The van der Waals surface area contributed by atoms with Crippen molar-refractivity contribution in [3.05, 3.63) is 59.7 Å². The molecule has 0 aliphatic carbocycles. The molecule has 0 spiro atoms. The minimum atomic E-state index is -0.241. The highest BCUT2D eigenvalue weighted by Gasteiger charge is 2.27. The summed E-state index contributed by atoms with van der Waals surface area (Å²) in [6.07, 6.45) is 9.34. The third kappa shape index (κ3) is 8.00. The summed E-state index contributed by atoms with van der Waals surface area (Å²) in [5.41, 5.74) is 1.94. The van der Waals surface area contributed by atoms with E-state index < -0.39 is 0 Å². The highest BCUT2D eigenvalue weighted by atomic mass is 16.5. The molecule has 2 aromatic carbocycles. The second-order valence-corrected chi connectivity index (χ2v) is 8.74. The summed E-state index contributed by atoms with van der Waals surface area (Å²) >= 11 is 0. The largest absolute Gasteiger partial charge is 0.493 e. The zero-order chi connectivity index (χ0) is 23.2. The van der Waals surface area contributed by atoms with E-state index in [1.165, 1.54) is 38.5 Å². The Hall–Kier alpha value is -2.29. The molecule has 32 heavy (non-hydrogen) atoms. The maximum atomic E-state index is 13.5. The van der Waals surface area contributed by atoms with E-state index in [4.69, 9.17) is 9.47 Å². The molecule has 0 saturated carbocycles. The fourth-order valence-electron chi connectivity index (χ4n) is 4.04. The molecule has 2 unspecified atom stereocenters. The number of carbonyl (C=O) groups excluding carboxylic acids is 1. The molecule has 0 bridgehead atoms. The van der Waals surface area contributed by atoms with Gasteiger partial charge in [-0.3, -0.25) is 4.79 Å². The van der Waals surface area contributed by atoms with Gasteiger partial charge >= 0.3 is 0 Å². The molecule has 176 valence electrons. The summed E-state index contributed by atoms with van der Waals surface area (Å²) in [5.74, 6) is 1.37. The molecule has 0 heterocycles. The van der Waals surface area contributed by atoms with Gasteiger partial charge in [0, 0.05) is 23.0 Å². The highest BCUT2D eigenvalue weighted by Crippen LogP contribution is 2.35. The van der Waals surface area contributed by atoms with Crippen molar-refractivity contribution in [3.63, 3.8) is 0 Å². The van der Waals surface area contributed by atoms with Crippen molar-refractivity contribution < 1.29 is 14.3 Å². The van der Waals surface area contributed by atoms with Gasteiger partial charge in [-0.2, -0.15) is 0 Å². The van der Waals surface area contributed by atoms with E-state index in [-0.39, 0.29) is 17.6 Å². The number of unbranched alkanes of at least 4 members (excludes halogenated alkanes) is 6. The summed E-state index contributed by atoms with van der Waals surface area (Å²) in [6.45, 7) is 9.80. The smallest absolute Gasteiger partial charge is 0.147 e. The van der Waals surface area contributed by atoms with Gasteiger partial charge in [-0.05, 0) is 25.0 Å². The zero-order valence-corrected chi connectivity index (χ0v) is 20.6. The average molecular weight is 439 g/mol. The van der Waals surface area contributed by atoms with Crippen molar-refractivity contribution in [1.82, 2.24) is 0 Å². The van der Waals surface area contributed by atoms with Crippen molar-refractivity contribution in [3.8, 4) is 11.5 Å². The first-order valence-corrected chi connectivity index (χ1v) is 12.6. The van der Waals surface area contributed by atoms with Crippen molar-refractivity contribution in [2.24, 2.45) is 0 Å². The van der Waals surface area contributed by atoms with Crippen LogP contribution in [0.3, 0.4) is 0 Å². The molecule has 0 aromatic heterocycles. The standard InChI is InChI=1S/C29H42O3/c1-5-7-9-15-21-31-27-19-13-11-17-25(27)23(3)29(30)24(4)26-18-12-14-20-28(26)32-22-16-10-8-6-2/h11-14,17-20,23-24H,5-10,15-16,21-22H2,1-4H3. The molecule has 0 amide bonds. The number of ether oxygens (including phenoxy) is 2. The van der Waals surface area contributed by atoms with Gasteiger partial charge in [-0.25, -0.2) is 0 Å². The Morgan fingerprint density at radius 1 is 0.656 bits per heavy atom. The Morgan fingerprint density at radius 2 is 1.06 bits per heavy atom. The van der Waals surface area contributed by atoms with Crippen LogP contribution >= 0.6 is 0 Å². The van der Waals surface area contributed by atoms with Crippen LogP contribution in [0, 0.1) is 0 Å². The number of ketones is 1. The lowest BCUT2D eigenvalue weighted by atomic mass is 9.85. The van der Waals surface area contributed by atoms with Crippen LogP contribution in [-0.2, 0) is 4.79 Å². The fourth-order valence-corrected chi connectivity index (χ4v) is 4.04. The minimum absolute atomic E-state index is 0.189. The number of hydrogen-bond acceptors (Lipinski definition) is 3. The summed E-state index contributed by atoms with van der Waals surface area (Å²) in [4.78, 5) is 13.5. The SMILES string of the molecule is CCCCCCOc1ccccc1C(C)C(=O)C(C)c1ccccc1OCCCCCC. The summed E-state index contributed by atoms with van der Waals surface area (Å²) in [7, 11) is 0. The molecule has 2 rings (SSSR count). The number of rotatable bonds is 16. The van der Waals surface area contributed by atoms with Gasteiger partial charge in [0.1, 0.15) is 17.3 Å². The van der Waals surface area contributed by atoms with Gasteiger partial charge in [0.15, 0.2) is 0 Å². The first-order valence-electron chi connectivity index (χ1n) is 12.6. The Labute approximate surface area is 195 Å². The second kappa shape index (κ2) is 14.7. The minimum Gasteiger partial charge on any atom is -0.493 e. The molecule has 0 aliphatic heterocycles. The molecular weight excluding hydrogens is 396 g/mol. The van der Waals surface area contributed by atoms with E-state index in [0.29, 0.717) is 13.2 Å². The molecular formula is C29H42O3. The third-order valence-corrected chi connectivity index (χ3v) is 6.14. The van der Waals surface area contributed by atoms with Crippen molar-refractivity contribution in [2.45, 2.75) is 90.9 Å². The highest BCUT2D eigenvalue weighted by molar-refractivity contribution is 5.92. The van der Waals surface area contributed by atoms with E-state index in [1.54, 1.807) is 0 Å². The third-order valence-electron chi connectivity index (χ3n) is 6.14. The van der Waals surface area contributed by atoms with Crippen LogP contribution in [0.4, 0.5) is 0 Å². The predicted octanol–water partition coefficient (Wildman–Crippen LogP) is 8.08. The van der Waals surface area contributed by atoms with Crippen LogP contribution in [-0.4, -0.2) is 19.0 Å². The van der Waals surface area contributed by atoms with Crippen LogP contribution < -0.4 is 9.47 Å². The monoisotopic (exact) mass is 438 g/mol. The van der Waals surface area contributed by atoms with Crippen LogP contribution in [0.15, 0.2) is 48.5 Å². The molecule has 0 aliphatic rings. The van der Waals surface area contributed by atoms with E-state index in [2.05, 4.69) is 13.8 Å². The molecule has 0 N–H and O–H groups in total. The van der Waals surface area contributed by atoms with Gasteiger partial charge in [0.05, 0.1) is 13.2 Å². The number of hydrogen-bond donors (Lipinski definition) is 0. The van der Waals surface area contributed by atoms with Gasteiger partial charge < -0.3 is 9.47 Å². The lowest BCUT2D eigenvalue weighted by Crippen LogP contribution is -2.18. The van der Waals surface area contributed by atoms with Crippen molar-refractivity contribution in [1.29, 1.82) is 0 Å². The van der Waals surface area contributed by atoms with Gasteiger partial charge in [-0.15, -0.1) is 0 Å². The zero-order valence-electron chi connectivity index (χ0n) is 20.6. The van der Waals surface area contributed by atoms with E-state index in [0.717, 1.165) is 35.5 Å². The van der Waals surface area contributed by atoms with Crippen LogP contribution in [0.25, 0.3) is 0 Å². The van der Waals surface area contributed by atoms with Crippen LogP contribution in [0.2, 0.25) is 0 Å². The molecule has 0 saturated heterocycles.